The summed E-state index contributed by atoms with van der Waals surface area (Å²) in [5, 5.41) is 3.42. The average Bonchev–Trinajstić information content (AvgIpc) is 2.93. The molecule has 1 N–H and O–H groups in total. The summed E-state index contributed by atoms with van der Waals surface area (Å²) < 4.78 is 6.35. The summed E-state index contributed by atoms with van der Waals surface area (Å²) in [5.74, 6) is 0.884. The van der Waals surface area contributed by atoms with Crippen molar-refractivity contribution in [1.29, 1.82) is 0 Å². The van der Waals surface area contributed by atoms with Crippen molar-refractivity contribution >= 4 is 27.2 Å². The zero-order chi connectivity index (χ0) is 13.1. The molecule has 0 spiro atoms. The fourth-order valence-corrected chi connectivity index (χ4v) is 2.63. The van der Waals surface area contributed by atoms with Gasteiger partial charge in [-0.3, -0.25) is 0 Å². The highest BCUT2D eigenvalue weighted by atomic mass is 32.1. The normalized spacial score (nSPS) is 10.6. The largest absolute Gasteiger partial charge is 0.497 e. The van der Waals surface area contributed by atoms with Gasteiger partial charge in [0.15, 0.2) is 0 Å². The molecule has 0 fully saturated rings. The van der Waals surface area contributed by atoms with Gasteiger partial charge in [0, 0.05) is 12.2 Å². The molecule has 1 heterocycles. The number of hydrogen-bond acceptors (Lipinski definition) is 4. The lowest BCUT2D eigenvalue weighted by molar-refractivity contribution is 0.414. The van der Waals surface area contributed by atoms with Crippen LogP contribution in [-0.4, -0.2) is 12.1 Å². The van der Waals surface area contributed by atoms with Crippen molar-refractivity contribution in [3.05, 3.63) is 53.5 Å². The summed E-state index contributed by atoms with van der Waals surface area (Å²) in [4.78, 5) is 4.27. The van der Waals surface area contributed by atoms with Crippen LogP contribution in [0.4, 0.5) is 5.69 Å². The third-order valence-corrected chi connectivity index (χ3v) is 3.78. The third kappa shape index (κ3) is 2.69. The number of ether oxygens (including phenoxy) is 1. The van der Waals surface area contributed by atoms with Gasteiger partial charge in [0.25, 0.3) is 0 Å². The Morgan fingerprint density at radius 1 is 1.16 bits per heavy atom. The van der Waals surface area contributed by atoms with Crippen molar-refractivity contribution in [3.8, 4) is 5.75 Å². The van der Waals surface area contributed by atoms with E-state index < -0.39 is 0 Å². The molecule has 2 aromatic carbocycles. The molecule has 0 aliphatic rings. The number of thiazole rings is 1. The molecule has 1 aromatic heterocycles. The number of aromatic nitrogens is 1. The van der Waals surface area contributed by atoms with E-state index in [0.717, 1.165) is 23.5 Å². The van der Waals surface area contributed by atoms with E-state index in [2.05, 4.69) is 34.6 Å². The quantitative estimate of drug-likeness (QED) is 0.780. The van der Waals surface area contributed by atoms with Crippen LogP contribution in [0.15, 0.2) is 48.0 Å². The van der Waals surface area contributed by atoms with E-state index in [1.165, 1.54) is 10.3 Å². The molecule has 19 heavy (non-hydrogen) atoms. The Kier molecular flexibility index (Phi) is 3.33. The molecule has 0 radical (unpaired) electrons. The number of benzene rings is 2. The van der Waals surface area contributed by atoms with Crippen LogP contribution < -0.4 is 10.1 Å². The number of hydrogen-bond donors (Lipinski definition) is 1. The summed E-state index contributed by atoms with van der Waals surface area (Å²) >= 11 is 1.66. The van der Waals surface area contributed by atoms with Gasteiger partial charge in [-0.1, -0.05) is 12.1 Å². The summed E-state index contributed by atoms with van der Waals surface area (Å²) in [6, 6.07) is 14.3. The number of fused-ring (bicyclic) bond motifs is 1. The van der Waals surface area contributed by atoms with Gasteiger partial charge in [-0.05, 0) is 35.9 Å². The molecular formula is C15H14N2OS. The van der Waals surface area contributed by atoms with Gasteiger partial charge in [0.2, 0.25) is 0 Å². The third-order valence-electron chi connectivity index (χ3n) is 2.99. The second-order valence-electron chi connectivity index (χ2n) is 4.24. The van der Waals surface area contributed by atoms with Gasteiger partial charge in [-0.2, -0.15) is 0 Å². The average molecular weight is 270 g/mol. The van der Waals surface area contributed by atoms with Crippen LogP contribution in [0.5, 0.6) is 5.75 Å². The standard InChI is InChI=1S/C15H14N2OS/c1-18-13-5-2-11(3-6-13)9-16-12-4-7-14-15(8-12)19-10-17-14/h2-8,10,16H,9H2,1H3. The van der Waals surface area contributed by atoms with Gasteiger partial charge < -0.3 is 10.1 Å². The summed E-state index contributed by atoms with van der Waals surface area (Å²) in [5.41, 5.74) is 5.27. The topological polar surface area (TPSA) is 34.1 Å². The minimum atomic E-state index is 0.800. The zero-order valence-electron chi connectivity index (χ0n) is 10.6. The van der Waals surface area contributed by atoms with Crippen LogP contribution in [0.1, 0.15) is 5.56 Å². The molecular weight excluding hydrogens is 256 g/mol. The van der Waals surface area contributed by atoms with Gasteiger partial charge in [0.1, 0.15) is 5.75 Å². The van der Waals surface area contributed by atoms with Crippen LogP contribution in [0.3, 0.4) is 0 Å². The number of nitrogens with one attached hydrogen (secondary N) is 1. The summed E-state index contributed by atoms with van der Waals surface area (Å²) in [7, 11) is 1.68. The first kappa shape index (κ1) is 12.0. The van der Waals surface area contributed by atoms with Gasteiger partial charge >= 0.3 is 0 Å². The van der Waals surface area contributed by atoms with Crippen LogP contribution in [0.25, 0.3) is 10.2 Å². The van der Waals surface area contributed by atoms with E-state index in [1.807, 2.05) is 23.7 Å². The first-order chi connectivity index (χ1) is 9.35. The fourth-order valence-electron chi connectivity index (χ4n) is 1.91. The van der Waals surface area contributed by atoms with E-state index in [0.29, 0.717) is 0 Å². The molecule has 0 saturated heterocycles. The summed E-state index contributed by atoms with van der Waals surface area (Å²) in [6.45, 7) is 0.800. The van der Waals surface area contributed by atoms with Crippen molar-refractivity contribution in [1.82, 2.24) is 4.98 Å². The molecule has 0 unspecified atom stereocenters. The van der Waals surface area contributed by atoms with E-state index >= 15 is 0 Å². The van der Waals surface area contributed by atoms with Crippen LogP contribution in [0, 0.1) is 0 Å². The number of nitrogens with zero attached hydrogens (tertiary/aromatic N) is 1. The van der Waals surface area contributed by atoms with Gasteiger partial charge in [-0.15, -0.1) is 11.3 Å². The second-order valence-corrected chi connectivity index (χ2v) is 5.12. The maximum atomic E-state index is 5.15. The lowest BCUT2D eigenvalue weighted by Gasteiger charge is -2.07. The Hall–Kier alpha value is -2.07. The van der Waals surface area contributed by atoms with Crippen molar-refractivity contribution in [2.24, 2.45) is 0 Å². The highest BCUT2D eigenvalue weighted by molar-refractivity contribution is 7.16. The molecule has 0 bridgehead atoms. The van der Waals surface area contributed by atoms with Crippen molar-refractivity contribution in [2.75, 3.05) is 12.4 Å². The van der Waals surface area contributed by atoms with Crippen molar-refractivity contribution in [3.63, 3.8) is 0 Å². The van der Waals surface area contributed by atoms with E-state index in [4.69, 9.17) is 4.74 Å². The smallest absolute Gasteiger partial charge is 0.118 e. The first-order valence-electron chi connectivity index (χ1n) is 6.05. The Morgan fingerprint density at radius 3 is 2.79 bits per heavy atom. The highest BCUT2D eigenvalue weighted by Crippen LogP contribution is 2.22. The number of anilines is 1. The Bertz CT molecular complexity index is 676. The van der Waals surface area contributed by atoms with Crippen molar-refractivity contribution < 1.29 is 4.74 Å². The van der Waals surface area contributed by atoms with E-state index in [1.54, 1.807) is 18.4 Å². The Morgan fingerprint density at radius 2 is 2.00 bits per heavy atom. The lowest BCUT2D eigenvalue weighted by atomic mass is 10.2. The molecule has 0 aliphatic heterocycles. The Labute approximate surface area is 115 Å². The first-order valence-corrected chi connectivity index (χ1v) is 6.93. The Balaban J connectivity index is 1.70. The van der Waals surface area contributed by atoms with E-state index in [-0.39, 0.29) is 0 Å². The van der Waals surface area contributed by atoms with Crippen molar-refractivity contribution in [2.45, 2.75) is 6.54 Å². The zero-order valence-corrected chi connectivity index (χ0v) is 11.4. The minimum absolute atomic E-state index is 0.800. The molecule has 0 amide bonds. The lowest BCUT2D eigenvalue weighted by Crippen LogP contribution is -1.98. The molecule has 0 saturated carbocycles. The van der Waals surface area contributed by atoms with Crippen LogP contribution in [0.2, 0.25) is 0 Å². The maximum Gasteiger partial charge on any atom is 0.118 e. The number of methoxy groups -OCH3 is 1. The van der Waals surface area contributed by atoms with E-state index in [9.17, 15) is 0 Å². The summed E-state index contributed by atoms with van der Waals surface area (Å²) in [6.07, 6.45) is 0. The predicted molar refractivity (Wildman–Crippen MR) is 79.9 cm³/mol. The molecule has 3 rings (SSSR count). The molecule has 3 nitrogen and oxygen atoms in total. The highest BCUT2D eigenvalue weighted by Gasteiger charge is 1.99. The van der Waals surface area contributed by atoms with Crippen LogP contribution in [-0.2, 0) is 6.54 Å². The molecule has 0 aliphatic carbocycles. The molecule has 96 valence electrons. The fraction of sp³-hybridized carbons (Fsp3) is 0.133. The molecule has 0 atom stereocenters. The SMILES string of the molecule is COc1ccc(CNc2ccc3ncsc3c2)cc1. The minimum Gasteiger partial charge on any atom is -0.497 e. The maximum absolute atomic E-state index is 5.15. The van der Waals surface area contributed by atoms with Crippen LogP contribution >= 0.6 is 11.3 Å². The second kappa shape index (κ2) is 5.28. The number of rotatable bonds is 4. The van der Waals surface area contributed by atoms with Gasteiger partial charge in [-0.25, -0.2) is 4.98 Å². The molecule has 3 aromatic rings. The molecule has 4 heteroatoms. The monoisotopic (exact) mass is 270 g/mol. The predicted octanol–water partition coefficient (Wildman–Crippen LogP) is 3.92. The van der Waals surface area contributed by atoms with Gasteiger partial charge in [0.05, 0.1) is 22.8 Å².